The molecule has 0 bridgehead atoms. The van der Waals surface area contributed by atoms with Gasteiger partial charge in [0.15, 0.2) is 6.61 Å². The molecule has 0 saturated heterocycles. The van der Waals surface area contributed by atoms with Gasteiger partial charge in [0.25, 0.3) is 5.91 Å². The van der Waals surface area contributed by atoms with E-state index in [1.54, 1.807) is 6.92 Å². The summed E-state index contributed by atoms with van der Waals surface area (Å²) in [6, 6.07) is 5.53. The summed E-state index contributed by atoms with van der Waals surface area (Å²) < 4.78 is 19.4. The van der Waals surface area contributed by atoms with Crippen molar-refractivity contribution in [3.63, 3.8) is 0 Å². The highest BCUT2D eigenvalue weighted by molar-refractivity contribution is 6.33. The maximum Gasteiger partial charge on any atom is 0.343 e. The number of benzene rings is 1. The third kappa shape index (κ3) is 4.82. The minimum Gasteiger partial charge on any atom is -0.452 e. The molecule has 2 rings (SSSR count). The SMILES string of the molecule is CCCC(C)NC(=O)COC(=O)c1c(C)nn(-c2ccc(F)cc2)c1Cl. The van der Waals surface area contributed by atoms with E-state index in [1.165, 1.54) is 28.9 Å². The van der Waals surface area contributed by atoms with E-state index >= 15 is 0 Å². The largest absolute Gasteiger partial charge is 0.452 e. The van der Waals surface area contributed by atoms with Crippen molar-refractivity contribution in [2.75, 3.05) is 6.61 Å². The van der Waals surface area contributed by atoms with Gasteiger partial charge in [-0.25, -0.2) is 13.9 Å². The lowest BCUT2D eigenvalue weighted by Crippen LogP contribution is -2.35. The number of esters is 1. The zero-order chi connectivity index (χ0) is 19.3. The normalized spacial score (nSPS) is 11.9. The second kappa shape index (κ2) is 8.80. The molecule has 140 valence electrons. The summed E-state index contributed by atoms with van der Waals surface area (Å²) in [5.74, 6) is -1.50. The van der Waals surface area contributed by atoms with Gasteiger partial charge in [-0.05, 0) is 44.5 Å². The second-order valence-corrected chi connectivity index (χ2v) is 6.33. The van der Waals surface area contributed by atoms with Crippen LogP contribution in [0.25, 0.3) is 5.69 Å². The number of halogens is 2. The monoisotopic (exact) mass is 381 g/mol. The van der Waals surface area contributed by atoms with Gasteiger partial charge in [0, 0.05) is 6.04 Å². The molecule has 1 aromatic heterocycles. The van der Waals surface area contributed by atoms with Gasteiger partial charge in [0.1, 0.15) is 16.5 Å². The minimum absolute atomic E-state index is 0.0118. The van der Waals surface area contributed by atoms with E-state index in [9.17, 15) is 14.0 Å². The number of ether oxygens (including phenoxy) is 1. The first-order chi connectivity index (χ1) is 12.3. The average Bonchev–Trinajstić information content (AvgIpc) is 2.88. The van der Waals surface area contributed by atoms with Crippen molar-refractivity contribution in [3.8, 4) is 5.69 Å². The molecule has 2 aromatic rings. The Labute approximate surface area is 156 Å². The van der Waals surface area contributed by atoms with Crippen LogP contribution in [0.2, 0.25) is 5.15 Å². The molecule has 0 spiro atoms. The van der Waals surface area contributed by atoms with Crippen LogP contribution in [-0.4, -0.2) is 34.3 Å². The molecule has 1 N–H and O–H groups in total. The molecule has 0 aliphatic heterocycles. The number of hydrogen-bond donors (Lipinski definition) is 1. The first-order valence-corrected chi connectivity index (χ1v) is 8.68. The Bertz CT molecular complexity index is 790. The van der Waals surface area contributed by atoms with Gasteiger partial charge in [-0.2, -0.15) is 5.10 Å². The summed E-state index contributed by atoms with van der Waals surface area (Å²) in [5, 5.41) is 6.98. The van der Waals surface area contributed by atoms with Crippen LogP contribution >= 0.6 is 11.6 Å². The summed E-state index contributed by atoms with van der Waals surface area (Å²) >= 11 is 6.25. The highest BCUT2D eigenvalue weighted by Gasteiger charge is 2.23. The first kappa shape index (κ1) is 19.9. The number of carbonyl (C=O) groups excluding carboxylic acids is 2. The number of carbonyl (C=O) groups is 2. The lowest BCUT2D eigenvalue weighted by Gasteiger charge is -2.12. The smallest absolute Gasteiger partial charge is 0.343 e. The molecule has 1 atom stereocenters. The van der Waals surface area contributed by atoms with Crippen LogP contribution in [0.1, 0.15) is 42.7 Å². The number of amides is 1. The van der Waals surface area contributed by atoms with Crippen LogP contribution in [0.4, 0.5) is 4.39 Å². The summed E-state index contributed by atoms with van der Waals surface area (Å²) in [6.07, 6.45) is 1.79. The fourth-order valence-corrected chi connectivity index (χ4v) is 2.86. The summed E-state index contributed by atoms with van der Waals surface area (Å²) in [7, 11) is 0. The van der Waals surface area contributed by atoms with Crippen LogP contribution in [0.3, 0.4) is 0 Å². The maximum atomic E-state index is 13.1. The molecule has 0 fully saturated rings. The molecule has 1 heterocycles. The van der Waals surface area contributed by atoms with Crippen LogP contribution in [-0.2, 0) is 9.53 Å². The standard InChI is InChI=1S/C18H21ClFN3O3/c1-4-5-11(2)21-15(24)10-26-18(25)16-12(3)22-23(17(16)19)14-8-6-13(20)7-9-14/h6-9,11H,4-5,10H2,1-3H3,(H,21,24). The third-order valence-corrected chi connectivity index (χ3v) is 4.09. The van der Waals surface area contributed by atoms with Crippen molar-refractivity contribution in [1.82, 2.24) is 15.1 Å². The Balaban J connectivity index is 2.08. The van der Waals surface area contributed by atoms with Crippen molar-refractivity contribution in [3.05, 3.63) is 46.5 Å². The lowest BCUT2D eigenvalue weighted by atomic mass is 10.2. The van der Waals surface area contributed by atoms with E-state index in [0.717, 1.165) is 12.8 Å². The van der Waals surface area contributed by atoms with Crippen molar-refractivity contribution < 1.29 is 18.7 Å². The molecule has 1 amide bonds. The van der Waals surface area contributed by atoms with E-state index in [-0.39, 0.29) is 22.7 Å². The minimum atomic E-state index is -0.737. The van der Waals surface area contributed by atoms with Crippen LogP contribution in [0.5, 0.6) is 0 Å². The van der Waals surface area contributed by atoms with Gasteiger partial charge >= 0.3 is 5.97 Å². The highest BCUT2D eigenvalue weighted by atomic mass is 35.5. The molecule has 26 heavy (non-hydrogen) atoms. The van der Waals surface area contributed by atoms with Gasteiger partial charge in [-0.15, -0.1) is 0 Å². The third-order valence-electron chi connectivity index (χ3n) is 3.74. The molecule has 0 radical (unpaired) electrons. The number of nitrogens with zero attached hydrogens (tertiary/aromatic N) is 2. The van der Waals surface area contributed by atoms with Crippen molar-refractivity contribution >= 4 is 23.5 Å². The molecular formula is C18H21ClFN3O3. The fraction of sp³-hybridized carbons (Fsp3) is 0.389. The summed E-state index contributed by atoms with van der Waals surface area (Å²) in [6.45, 7) is 5.11. The van der Waals surface area contributed by atoms with E-state index in [0.29, 0.717) is 11.4 Å². The molecule has 8 heteroatoms. The fourth-order valence-electron chi connectivity index (χ4n) is 2.51. The predicted octanol–water partition coefficient (Wildman–Crippen LogP) is 3.43. The molecular weight excluding hydrogens is 361 g/mol. The second-order valence-electron chi connectivity index (χ2n) is 5.97. The number of hydrogen-bond acceptors (Lipinski definition) is 4. The van der Waals surface area contributed by atoms with Crippen LogP contribution < -0.4 is 5.32 Å². The van der Waals surface area contributed by atoms with Gasteiger partial charge in [-0.3, -0.25) is 4.79 Å². The Morgan fingerprint density at radius 3 is 2.62 bits per heavy atom. The zero-order valence-electron chi connectivity index (χ0n) is 14.9. The van der Waals surface area contributed by atoms with Crippen LogP contribution in [0, 0.1) is 12.7 Å². The van der Waals surface area contributed by atoms with Crippen molar-refractivity contribution in [2.24, 2.45) is 0 Å². The summed E-state index contributed by atoms with van der Waals surface area (Å²) in [5.41, 5.74) is 0.930. The molecule has 0 aliphatic carbocycles. The van der Waals surface area contributed by atoms with E-state index in [2.05, 4.69) is 10.4 Å². The molecule has 0 saturated carbocycles. The van der Waals surface area contributed by atoms with Crippen molar-refractivity contribution in [2.45, 2.75) is 39.7 Å². The molecule has 1 aromatic carbocycles. The molecule has 6 nitrogen and oxygen atoms in total. The number of rotatable bonds is 7. The van der Waals surface area contributed by atoms with E-state index in [1.807, 2.05) is 13.8 Å². The number of nitrogens with one attached hydrogen (secondary N) is 1. The average molecular weight is 382 g/mol. The number of aryl methyl sites for hydroxylation is 1. The Morgan fingerprint density at radius 2 is 2.00 bits per heavy atom. The van der Waals surface area contributed by atoms with Crippen LogP contribution in [0.15, 0.2) is 24.3 Å². The van der Waals surface area contributed by atoms with Gasteiger partial charge in [-0.1, -0.05) is 24.9 Å². The first-order valence-electron chi connectivity index (χ1n) is 8.31. The summed E-state index contributed by atoms with van der Waals surface area (Å²) in [4.78, 5) is 24.1. The Kier molecular flexibility index (Phi) is 6.74. The molecule has 1 unspecified atom stereocenters. The van der Waals surface area contributed by atoms with Gasteiger partial charge in [0.05, 0.1) is 11.4 Å². The number of aromatic nitrogens is 2. The van der Waals surface area contributed by atoms with Gasteiger partial charge < -0.3 is 10.1 Å². The van der Waals surface area contributed by atoms with E-state index in [4.69, 9.17) is 16.3 Å². The quantitative estimate of drug-likeness (QED) is 0.746. The Hall–Kier alpha value is -2.41. The highest BCUT2D eigenvalue weighted by Crippen LogP contribution is 2.24. The predicted molar refractivity (Wildman–Crippen MR) is 96.1 cm³/mol. The maximum absolute atomic E-state index is 13.1. The van der Waals surface area contributed by atoms with Crippen molar-refractivity contribution in [1.29, 1.82) is 0 Å². The zero-order valence-corrected chi connectivity index (χ0v) is 15.6. The van der Waals surface area contributed by atoms with Gasteiger partial charge in [0.2, 0.25) is 0 Å². The molecule has 0 aliphatic rings. The van der Waals surface area contributed by atoms with E-state index < -0.39 is 18.4 Å². The Morgan fingerprint density at radius 1 is 1.35 bits per heavy atom. The topological polar surface area (TPSA) is 73.2 Å². The lowest BCUT2D eigenvalue weighted by molar-refractivity contribution is -0.124.